The molecule has 4 heteroatoms. The summed E-state index contributed by atoms with van der Waals surface area (Å²) in [5, 5.41) is 2.36. The molecule has 0 saturated heterocycles. The van der Waals surface area contributed by atoms with Crippen LogP contribution < -0.4 is 14.8 Å². The fourth-order valence-electron chi connectivity index (χ4n) is 2.86. The lowest BCUT2D eigenvalue weighted by molar-refractivity contribution is -0.690. The standard InChI is InChI=1S/C16H18N2O2/c1-19-14-9-12-5-8-18-16(11-3-6-17-7-4-11)13(12)10-15(14)20-2/h3-4,6-7,9-10,16,18H,5,8H2,1-2H3/p+1. The molecule has 0 bridgehead atoms. The van der Waals surface area contributed by atoms with Gasteiger partial charge in [0.2, 0.25) is 0 Å². The van der Waals surface area contributed by atoms with E-state index in [1.807, 2.05) is 12.4 Å². The second-order valence-electron chi connectivity index (χ2n) is 4.94. The largest absolute Gasteiger partial charge is 0.493 e. The molecule has 1 aliphatic heterocycles. The number of fused-ring (bicyclic) bond motifs is 1. The van der Waals surface area contributed by atoms with Gasteiger partial charge in [0.25, 0.3) is 0 Å². The summed E-state index contributed by atoms with van der Waals surface area (Å²) >= 11 is 0. The minimum absolute atomic E-state index is 0.307. The molecule has 1 aliphatic rings. The van der Waals surface area contributed by atoms with Crippen molar-refractivity contribution in [1.82, 2.24) is 4.98 Å². The molecular formula is C16H19N2O2+. The number of aromatic nitrogens is 1. The van der Waals surface area contributed by atoms with Crippen molar-refractivity contribution in [1.29, 1.82) is 0 Å². The molecule has 1 aromatic heterocycles. The van der Waals surface area contributed by atoms with E-state index in [4.69, 9.17) is 9.47 Å². The van der Waals surface area contributed by atoms with Crippen molar-refractivity contribution in [2.45, 2.75) is 12.5 Å². The molecule has 20 heavy (non-hydrogen) atoms. The van der Waals surface area contributed by atoms with Gasteiger partial charge in [-0.3, -0.25) is 4.98 Å². The summed E-state index contributed by atoms with van der Waals surface area (Å²) in [6.45, 7) is 1.08. The Morgan fingerprint density at radius 3 is 2.50 bits per heavy atom. The zero-order valence-corrected chi connectivity index (χ0v) is 11.8. The zero-order valence-electron chi connectivity index (χ0n) is 11.8. The molecule has 1 unspecified atom stereocenters. The maximum atomic E-state index is 5.44. The van der Waals surface area contributed by atoms with E-state index >= 15 is 0 Å². The van der Waals surface area contributed by atoms with Crippen LogP contribution in [0.15, 0.2) is 36.7 Å². The Morgan fingerprint density at radius 2 is 1.80 bits per heavy atom. The number of benzene rings is 1. The molecule has 0 amide bonds. The van der Waals surface area contributed by atoms with Crippen molar-refractivity contribution in [3.63, 3.8) is 0 Å². The van der Waals surface area contributed by atoms with Gasteiger partial charge in [-0.15, -0.1) is 0 Å². The van der Waals surface area contributed by atoms with Gasteiger partial charge in [-0.05, 0) is 29.8 Å². The van der Waals surface area contributed by atoms with Crippen LogP contribution >= 0.6 is 0 Å². The van der Waals surface area contributed by atoms with Gasteiger partial charge < -0.3 is 14.8 Å². The van der Waals surface area contributed by atoms with Crippen molar-refractivity contribution >= 4 is 0 Å². The Labute approximate surface area is 118 Å². The average Bonchev–Trinajstić information content (AvgIpc) is 2.53. The highest BCUT2D eigenvalue weighted by Crippen LogP contribution is 2.35. The van der Waals surface area contributed by atoms with E-state index in [-0.39, 0.29) is 0 Å². The lowest BCUT2D eigenvalue weighted by Gasteiger charge is -2.25. The lowest BCUT2D eigenvalue weighted by Crippen LogP contribution is -2.87. The first kappa shape index (κ1) is 12.9. The maximum absolute atomic E-state index is 5.44. The molecule has 104 valence electrons. The normalized spacial score (nSPS) is 17.4. The number of nitrogens with two attached hydrogens (primary N) is 1. The molecule has 0 spiro atoms. The smallest absolute Gasteiger partial charge is 0.161 e. The predicted molar refractivity (Wildman–Crippen MR) is 76.1 cm³/mol. The van der Waals surface area contributed by atoms with Crippen LogP contribution in [0.1, 0.15) is 22.7 Å². The maximum Gasteiger partial charge on any atom is 0.161 e. The molecule has 0 saturated carbocycles. The van der Waals surface area contributed by atoms with Crippen molar-refractivity contribution < 1.29 is 14.8 Å². The van der Waals surface area contributed by atoms with Crippen LogP contribution in [-0.2, 0) is 6.42 Å². The molecule has 1 aromatic carbocycles. The minimum atomic E-state index is 0.307. The molecule has 3 rings (SSSR count). The third-order valence-electron chi connectivity index (χ3n) is 3.86. The minimum Gasteiger partial charge on any atom is -0.493 e. The number of nitrogens with zero attached hydrogens (tertiary/aromatic N) is 1. The number of quaternary nitrogens is 1. The first-order valence-electron chi connectivity index (χ1n) is 6.81. The topological polar surface area (TPSA) is 48.0 Å². The number of ether oxygens (including phenoxy) is 2. The molecular weight excluding hydrogens is 252 g/mol. The molecule has 2 N–H and O–H groups in total. The number of hydrogen-bond donors (Lipinski definition) is 1. The van der Waals surface area contributed by atoms with Gasteiger partial charge in [0.15, 0.2) is 11.5 Å². The second-order valence-corrected chi connectivity index (χ2v) is 4.94. The summed E-state index contributed by atoms with van der Waals surface area (Å²) in [5.74, 6) is 1.60. The predicted octanol–water partition coefficient (Wildman–Crippen LogP) is 1.31. The monoisotopic (exact) mass is 271 g/mol. The Bertz CT molecular complexity index is 599. The van der Waals surface area contributed by atoms with Crippen molar-refractivity contribution in [2.75, 3.05) is 20.8 Å². The number of pyridine rings is 1. The summed E-state index contributed by atoms with van der Waals surface area (Å²) < 4.78 is 10.8. The van der Waals surface area contributed by atoms with Crippen LogP contribution in [0.5, 0.6) is 11.5 Å². The van der Waals surface area contributed by atoms with Crippen LogP contribution in [0.3, 0.4) is 0 Å². The summed E-state index contributed by atoms with van der Waals surface area (Å²) in [6.07, 6.45) is 4.74. The zero-order chi connectivity index (χ0) is 13.9. The highest BCUT2D eigenvalue weighted by atomic mass is 16.5. The Morgan fingerprint density at radius 1 is 1.10 bits per heavy atom. The highest BCUT2D eigenvalue weighted by molar-refractivity contribution is 5.50. The van der Waals surface area contributed by atoms with Crippen LogP contribution in [0, 0.1) is 0 Å². The molecule has 2 aromatic rings. The van der Waals surface area contributed by atoms with Crippen LogP contribution in [0.2, 0.25) is 0 Å². The van der Waals surface area contributed by atoms with E-state index < -0.39 is 0 Å². The SMILES string of the molecule is COc1cc2c(cc1OC)C(c1ccncc1)[NH2+]CC2. The van der Waals surface area contributed by atoms with Gasteiger partial charge in [0.1, 0.15) is 6.04 Å². The lowest BCUT2D eigenvalue weighted by atomic mass is 9.90. The summed E-state index contributed by atoms with van der Waals surface area (Å²) in [7, 11) is 3.36. The van der Waals surface area contributed by atoms with Gasteiger partial charge in [0, 0.05) is 29.9 Å². The molecule has 1 atom stereocenters. The van der Waals surface area contributed by atoms with Gasteiger partial charge in [0.05, 0.1) is 20.8 Å². The van der Waals surface area contributed by atoms with E-state index in [9.17, 15) is 0 Å². The third-order valence-corrected chi connectivity index (χ3v) is 3.86. The summed E-state index contributed by atoms with van der Waals surface area (Å²) in [6, 6.07) is 8.67. The van der Waals surface area contributed by atoms with Crippen molar-refractivity contribution in [3.8, 4) is 11.5 Å². The first-order chi connectivity index (χ1) is 9.83. The van der Waals surface area contributed by atoms with E-state index in [0.717, 1.165) is 24.5 Å². The van der Waals surface area contributed by atoms with Crippen LogP contribution in [0.25, 0.3) is 0 Å². The molecule has 2 heterocycles. The highest BCUT2D eigenvalue weighted by Gasteiger charge is 2.26. The van der Waals surface area contributed by atoms with Crippen LogP contribution in [-0.4, -0.2) is 25.7 Å². The Hall–Kier alpha value is -2.07. The van der Waals surface area contributed by atoms with Crippen LogP contribution in [0.4, 0.5) is 0 Å². The van der Waals surface area contributed by atoms with Crippen molar-refractivity contribution in [2.24, 2.45) is 0 Å². The fraction of sp³-hybridized carbons (Fsp3) is 0.312. The fourth-order valence-corrected chi connectivity index (χ4v) is 2.86. The third kappa shape index (κ3) is 2.23. The first-order valence-corrected chi connectivity index (χ1v) is 6.81. The number of methoxy groups -OCH3 is 2. The van der Waals surface area contributed by atoms with Gasteiger partial charge >= 0.3 is 0 Å². The van der Waals surface area contributed by atoms with E-state index in [1.165, 1.54) is 16.7 Å². The quantitative estimate of drug-likeness (QED) is 0.915. The van der Waals surface area contributed by atoms with Gasteiger partial charge in [-0.1, -0.05) is 0 Å². The molecule has 4 nitrogen and oxygen atoms in total. The average molecular weight is 271 g/mol. The number of rotatable bonds is 3. The van der Waals surface area contributed by atoms with E-state index in [0.29, 0.717) is 6.04 Å². The molecule has 0 fully saturated rings. The summed E-state index contributed by atoms with van der Waals surface area (Å²) in [4.78, 5) is 4.10. The summed E-state index contributed by atoms with van der Waals surface area (Å²) in [5.41, 5.74) is 3.92. The second kappa shape index (κ2) is 5.51. The van der Waals surface area contributed by atoms with E-state index in [2.05, 4.69) is 34.6 Å². The molecule has 0 radical (unpaired) electrons. The number of hydrogen-bond acceptors (Lipinski definition) is 3. The Kier molecular flexibility index (Phi) is 3.56. The van der Waals surface area contributed by atoms with E-state index in [1.54, 1.807) is 14.2 Å². The van der Waals surface area contributed by atoms with Crippen molar-refractivity contribution in [3.05, 3.63) is 53.3 Å². The molecule has 0 aliphatic carbocycles. The Balaban J connectivity index is 2.08. The van der Waals surface area contributed by atoms with Gasteiger partial charge in [-0.25, -0.2) is 0 Å². The van der Waals surface area contributed by atoms with Gasteiger partial charge in [-0.2, -0.15) is 0 Å².